The Morgan fingerprint density at radius 3 is 2.70 bits per heavy atom. The summed E-state index contributed by atoms with van der Waals surface area (Å²) in [5, 5.41) is 12.1. The molecule has 1 atom stereocenters. The number of hydrogen-bond acceptors (Lipinski definition) is 2. The Kier molecular flexibility index (Phi) is 5.38. The number of amides is 1. The van der Waals surface area contributed by atoms with Gasteiger partial charge in [-0.1, -0.05) is 30.3 Å². The SMILES string of the molecule is O=C(NCC(CCO)c1ccccc1)c1cc(Br)c[nH]1. The lowest BCUT2D eigenvalue weighted by Crippen LogP contribution is -2.29. The van der Waals surface area contributed by atoms with Crippen LogP contribution in [0, 0.1) is 0 Å². The number of halogens is 1. The van der Waals surface area contributed by atoms with Crippen LogP contribution in [0.1, 0.15) is 28.4 Å². The smallest absolute Gasteiger partial charge is 0.267 e. The summed E-state index contributed by atoms with van der Waals surface area (Å²) in [4.78, 5) is 14.9. The van der Waals surface area contributed by atoms with E-state index in [0.717, 1.165) is 10.0 Å². The molecule has 0 saturated heterocycles. The second kappa shape index (κ2) is 7.26. The van der Waals surface area contributed by atoms with Gasteiger partial charge in [0.05, 0.1) is 0 Å². The van der Waals surface area contributed by atoms with Crippen LogP contribution in [-0.4, -0.2) is 29.1 Å². The minimum atomic E-state index is -0.144. The van der Waals surface area contributed by atoms with Gasteiger partial charge in [0.2, 0.25) is 0 Å². The van der Waals surface area contributed by atoms with Crippen molar-refractivity contribution in [2.75, 3.05) is 13.2 Å². The van der Waals surface area contributed by atoms with Crippen molar-refractivity contribution in [3.63, 3.8) is 0 Å². The molecule has 1 aromatic carbocycles. The van der Waals surface area contributed by atoms with Gasteiger partial charge in [0, 0.05) is 29.7 Å². The number of benzene rings is 1. The van der Waals surface area contributed by atoms with Gasteiger partial charge in [0.25, 0.3) is 5.91 Å². The molecule has 20 heavy (non-hydrogen) atoms. The standard InChI is InChI=1S/C15H17BrN2O2/c16-13-8-14(17-10-13)15(20)18-9-12(6-7-19)11-4-2-1-3-5-11/h1-5,8,10,12,17,19H,6-7,9H2,(H,18,20). The van der Waals surface area contributed by atoms with Gasteiger partial charge in [-0.15, -0.1) is 0 Å². The van der Waals surface area contributed by atoms with Crippen molar-refractivity contribution < 1.29 is 9.90 Å². The van der Waals surface area contributed by atoms with Crippen molar-refractivity contribution in [2.24, 2.45) is 0 Å². The predicted molar refractivity (Wildman–Crippen MR) is 81.7 cm³/mol. The third-order valence-corrected chi connectivity index (χ3v) is 3.61. The molecule has 0 radical (unpaired) electrons. The molecule has 0 fully saturated rings. The Labute approximate surface area is 126 Å². The summed E-state index contributed by atoms with van der Waals surface area (Å²) in [5.41, 5.74) is 1.64. The van der Waals surface area contributed by atoms with Gasteiger partial charge in [0.15, 0.2) is 0 Å². The summed E-state index contributed by atoms with van der Waals surface area (Å²) >= 11 is 3.30. The zero-order chi connectivity index (χ0) is 14.4. The van der Waals surface area contributed by atoms with Crippen LogP contribution in [0.3, 0.4) is 0 Å². The van der Waals surface area contributed by atoms with Gasteiger partial charge in [-0.05, 0) is 34.0 Å². The molecule has 5 heteroatoms. The largest absolute Gasteiger partial charge is 0.396 e. The van der Waals surface area contributed by atoms with Crippen LogP contribution in [-0.2, 0) is 0 Å². The van der Waals surface area contributed by atoms with E-state index < -0.39 is 0 Å². The number of nitrogens with one attached hydrogen (secondary N) is 2. The fourth-order valence-corrected chi connectivity index (χ4v) is 2.42. The van der Waals surface area contributed by atoms with E-state index in [4.69, 9.17) is 5.11 Å². The molecule has 0 spiro atoms. The first-order valence-electron chi connectivity index (χ1n) is 6.48. The number of aliphatic hydroxyl groups is 1. The van der Waals surface area contributed by atoms with E-state index in [1.807, 2.05) is 30.3 Å². The molecule has 1 heterocycles. The van der Waals surface area contributed by atoms with Crippen molar-refractivity contribution in [2.45, 2.75) is 12.3 Å². The normalized spacial score (nSPS) is 12.1. The fourth-order valence-electron chi connectivity index (χ4n) is 2.08. The molecule has 0 aliphatic carbocycles. The Hall–Kier alpha value is -1.59. The van der Waals surface area contributed by atoms with Crippen LogP contribution in [0.15, 0.2) is 47.1 Å². The number of carbonyl (C=O) groups is 1. The molecule has 0 bridgehead atoms. The molecule has 2 rings (SSSR count). The van der Waals surface area contributed by atoms with Crippen LogP contribution in [0.25, 0.3) is 0 Å². The fraction of sp³-hybridized carbons (Fsp3) is 0.267. The van der Waals surface area contributed by atoms with Crippen molar-refractivity contribution in [1.82, 2.24) is 10.3 Å². The number of carbonyl (C=O) groups excluding carboxylic acids is 1. The molecule has 1 amide bonds. The molecule has 2 aromatic rings. The second-order valence-corrected chi connectivity index (χ2v) is 5.48. The average molecular weight is 337 g/mol. The Morgan fingerprint density at radius 1 is 1.35 bits per heavy atom. The van der Waals surface area contributed by atoms with Crippen LogP contribution in [0.4, 0.5) is 0 Å². The maximum absolute atomic E-state index is 12.0. The lowest BCUT2D eigenvalue weighted by Gasteiger charge is -2.16. The Bertz CT molecular complexity index is 554. The van der Waals surface area contributed by atoms with Gasteiger partial charge in [-0.25, -0.2) is 0 Å². The van der Waals surface area contributed by atoms with E-state index in [-0.39, 0.29) is 18.4 Å². The monoisotopic (exact) mass is 336 g/mol. The zero-order valence-corrected chi connectivity index (χ0v) is 12.6. The highest BCUT2D eigenvalue weighted by Gasteiger charge is 2.14. The van der Waals surface area contributed by atoms with E-state index >= 15 is 0 Å². The van der Waals surface area contributed by atoms with E-state index in [9.17, 15) is 4.79 Å². The van der Waals surface area contributed by atoms with E-state index in [2.05, 4.69) is 26.2 Å². The third-order valence-electron chi connectivity index (χ3n) is 3.15. The number of aromatic amines is 1. The van der Waals surface area contributed by atoms with Gasteiger partial charge in [-0.2, -0.15) is 0 Å². The van der Waals surface area contributed by atoms with Crippen LogP contribution in [0.5, 0.6) is 0 Å². The summed E-state index contributed by atoms with van der Waals surface area (Å²) in [6.45, 7) is 0.601. The topological polar surface area (TPSA) is 65.1 Å². The number of aromatic nitrogens is 1. The highest BCUT2D eigenvalue weighted by molar-refractivity contribution is 9.10. The lowest BCUT2D eigenvalue weighted by molar-refractivity contribution is 0.0945. The molecule has 0 saturated carbocycles. The second-order valence-electron chi connectivity index (χ2n) is 4.56. The molecule has 1 aromatic heterocycles. The van der Waals surface area contributed by atoms with E-state index in [1.165, 1.54) is 0 Å². The average Bonchev–Trinajstić information content (AvgIpc) is 2.91. The van der Waals surface area contributed by atoms with Crippen molar-refractivity contribution in [3.05, 3.63) is 58.3 Å². The van der Waals surface area contributed by atoms with Crippen molar-refractivity contribution in [3.8, 4) is 0 Å². The highest BCUT2D eigenvalue weighted by atomic mass is 79.9. The molecule has 106 valence electrons. The van der Waals surface area contributed by atoms with Crippen LogP contribution in [0.2, 0.25) is 0 Å². The lowest BCUT2D eigenvalue weighted by atomic mass is 9.96. The van der Waals surface area contributed by atoms with Crippen LogP contribution < -0.4 is 5.32 Å². The molecule has 0 aliphatic heterocycles. The first kappa shape index (κ1) is 14.8. The van der Waals surface area contributed by atoms with Gasteiger partial charge in [0.1, 0.15) is 5.69 Å². The quantitative estimate of drug-likeness (QED) is 0.759. The van der Waals surface area contributed by atoms with E-state index in [0.29, 0.717) is 18.7 Å². The molecular formula is C15H17BrN2O2. The predicted octanol–water partition coefficient (Wildman–Crippen LogP) is 2.67. The number of rotatable bonds is 6. The zero-order valence-electron chi connectivity index (χ0n) is 11.0. The summed E-state index contributed by atoms with van der Waals surface area (Å²) < 4.78 is 0.845. The van der Waals surface area contributed by atoms with Crippen molar-refractivity contribution >= 4 is 21.8 Å². The minimum Gasteiger partial charge on any atom is -0.396 e. The molecular weight excluding hydrogens is 320 g/mol. The minimum absolute atomic E-state index is 0.101. The Balaban J connectivity index is 1.97. The van der Waals surface area contributed by atoms with Gasteiger partial charge >= 0.3 is 0 Å². The molecule has 0 aliphatic rings. The highest BCUT2D eigenvalue weighted by Crippen LogP contribution is 2.18. The first-order chi connectivity index (χ1) is 9.70. The molecule has 1 unspecified atom stereocenters. The summed E-state index contributed by atoms with van der Waals surface area (Å²) in [6, 6.07) is 11.6. The maximum Gasteiger partial charge on any atom is 0.267 e. The summed E-state index contributed by atoms with van der Waals surface area (Å²) in [7, 11) is 0. The van der Waals surface area contributed by atoms with Gasteiger partial charge < -0.3 is 15.4 Å². The summed E-state index contributed by atoms with van der Waals surface area (Å²) in [5.74, 6) is -0.0295. The summed E-state index contributed by atoms with van der Waals surface area (Å²) in [6.07, 6.45) is 2.34. The maximum atomic E-state index is 12.0. The number of aliphatic hydroxyl groups excluding tert-OH is 1. The first-order valence-corrected chi connectivity index (χ1v) is 7.28. The molecule has 4 nitrogen and oxygen atoms in total. The van der Waals surface area contributed by atoms with Crippen LogP contribution >= 0.6 is 15.9 Å². The molecule has 3 N–H and O–H groups in total. The van der Waals surface area contributed by atoms with E-state index in [1.54, 1.807) is 12.3 Å². The number of hydrogen-bond donors (Lipinski definition) is 3. The van der Waals surface area contributed by atoms with Crippen molar-refractivity contribution in [1.29, 1.82) is 0 Å². The third kappa shape index (κ3) is 3.95. The van der Waals surface area contributed by atoms with Gasteiger partial charge in [-0.3, -0.25) is 4.79 Å². The number of H-pyrrole nitrogens is 1. The Morgan fingerprint density at radius 2 is 2.10 bits per heavy atom.